The molecule has 0 saturated carbocycles. The molecule has 0 atom stereocenters. The van der Waals surface area contributed by atoms with E-state index in [4.69, 9.17) is 0 Å². The van der Waals surface area contributed by atoms with Gasteiger partial charge in [0, 0.05) is 24.2 Å². The van der Waals surface area contributed by atoms with Crippen LogP contribution in [0.15, 0.2) is 24.3 Å². The third-order valence-corrected chi connectivity index (χ3v) is 1.97. The second-order valence-electron chi connectivity index (χ2n) is 4.53. The maximum atomic E-state index is 10.4. The van der Waals surface area contributed by atoms with Gasteiger partial charge in [0.1, 0.15) is 0 Å². The fourth-order valence-corrected chi connectivity index (χ4v) is 1.10. The second kappa shape index (κ2) is 4.40. The first-order valence-electron chi connectivity index (χ1n) is 4.87. The van der Waals surface area contributed by atoms with Crippen molar-refractivity contribution in [2.45, 2.75) is 32.9 Å². The topological polar surface area (TPSA) is 55.2 Å². The number of nitrogens with one attached hydrogen (secondary N) is 1. The summed E-state index contributed by atoms with van der Waals surface area (Å²) in [6, 6.07) is 6.60. The van der Waals surface area contributed by atoms with Crippen LogP contribution in [0.25, 0.3) is 0 Å². The monoisotopic (exact) mass is 208 g/mol. The maximum Gasteiger partial charge on any atom is 0.269 e. The fraction of sp³-hybridized carbons (Fsp3) is 0.455. The van der Waals surface area contributed by atoms with E-state index in [-0.39, 0.29) is 16.1 Å². The highest BCUT2D eigenvalue weighted by Gasteiger charge is 2.09. The summed E-state index contributed by atoms with van der Waals surface area (Å²) >= 11 is 0. The summed E-state index contributed by atoms with van der Waals surface area (Å²) in [5.74, 6) is 0. The number of nitrogens with zero attached hydrogens (tertiary/aromatic N) is 1. The molecule has 82 valence electrons. The Morgan fingerprint density at radius 2 is 1.80 bits per heavy atom. The molecule has 1 N–H and O–H groups in total. The van der Waals surface area contributed by atoms with Crippen molar-refractivity contribution in [3.8, 4) is 0 Å². The molecule has 0 amide bonds. The van der Waals surface area contributed by atoms with Crippen molar-refractivity contribution in [3.63, 3.8) is 0 Å². The van der Waals surface area contributed by atoms with Crippen LogP contribution in [0, 0.1) is 10.1 Å². The Morgan fingerprint density at radius 1 is 1.27 bits per heavy atom. The van der Waals surface area contributed by atoms with Crippen LogP contribution in [0.2, 0.25) is 0 Å². The first-order chi connectivity index (χ1) is 6.88. The van der Waals surface area contributed by atoms with Crippen LogP contribution in [-0.2, 0) is 6.54 Å². The summed E-state index contributed by atoms with van der Waals surface area (Å²) in [7, 11) is 0. The molecule has 0 aliphatic heterocycles. The van der Waals surface area contributed by atoms with E-state index < -0.39 is 0 Å². The van der Waals surface area contributed by atoms with Crippen LogP contribution in [0.5, 0.6) is 0 Å². The Balaban J connectivity index is 2.61. The van der Waals surface area contributed by atoms with Crippen molar-refractivity contribution in [3.05, 3.63) is 39.9 Å². The summed E-state index contributed by atoms with van der Waals surface area (Å²) in [6.07, 6.45) is 0. The van der Waals surface area contributed by atoms with Crippen molar-refractivity contribution >= 4 is 5.69 Å². The lowest BCUT2D eigenvalue weighted by Crippen LogP contribution is -2.35. The number of hydrogen-bond donors (Lipinski definition) is 1. The summed E-state index contributed by atoms with van der Waals surface area (Å²) < 4.78 is 0. The van der Waals surface area contributed by atoms with E-state index in [0.29, 0.717) is 0 Å². The van der Waals surface area contributed by atoms with Gasteiger partial charge in [0.15, 0.2) is 0 Å². The Bertz CT molecular complexity index is 339. The van der Waals surface area contributed by atoms with Gasteiger partial charge >= 0.3 is 0 Å². The number of nitro benzene ring substituents is 1. The minimum atomic E-state index is -0.388. The van der Waals surface area contributed by atoms with Crippen LogP contribution in [0.1, 0.15) is 26.3 Å². The van der Waals surface area contributed by atoms with Crippen molar-refractivity contribution in [2.75, 3.05) is 0 Å². The van der Waals surface area contributed by atoms with Crippen LogP contribution in [0.3, 0.4) is 0 Å². The molecular formula is C11H16N2O2. The highest BCUT2D eigenvalue weighted by Crippen LogP contribution is 2.12. The van der Waals surface area contributed by atoms with E-state index in [1.54, 1.807) is 12.1 Å². The molecule has 0 heterocycles. The molecule has 1 rings (SSSR count). The van der Waals surface area contributed by atoms with Crippen LogP contribution in [-0.4, -0.2) is 10.5 Å². The molecule has 1 aromatic carbocycles. The van der Waals surface area contributed by atoms with Gasteiger partial charge in [0.25, 0.3) is 5.69 Å². The molecule has 4 heteroatoms. The molecule has 0 fully saturated rings. The molecule has 0 radical (unpaired) electrons. The molecule has 1 aromatic rings. The van der Waals surface area contributed by atoms with Crippen LogP contribution >= 0.6 is 0 Å². The molecule has 0 spiro atoms. The van der Waals surface area contributed by atoms with Crippen LogP contribution < -0.4 is 5.32 Å². The summed E-state index contributed by atoms with van der Waals surface area (Å²) in [6.45, 7) is 6.97. The Labute approximate surface area is 89.5 Å². The summed E-state index contributed by atoms with van der Waals surface area (Å²) in [5.41, 5.74) is 1.24. The van der Waals surface area contributed by atoms with E-state index in [1.807, 2.05) is 0 Å². The first-order valence-corrected chi connectivity index (χ1v) is 4.87. The zero-order chi connectivity index (χ0) is 11.5. The maximum absolute atomic E-state index is 10.4. The molecule has 0 saturated heterocycles. The van der Waals surface area contributed by atoms with Crippen molar-refractivity contribution in [1.82, 2.24) is 5.32 Å². The lowest BCUT2D eigenvalue weighted by atomic mass is 10.1. The Kier molecular flexibility index (Phi) is 3.42. The minimum Gasteiger partial charge on any atom is -0.308 e. The smallest absolute Gasteiger partial charge is 0.269 e. The quantitative estimate of drug-likeness (QED) is 0.613. The van der Waals surface area contributed by atoms with Gasteiger partial charge < -0.3 is 5.32 Å². The van der Waals surface area contributed by atoms with Crippen LogP contribution in [0.4, 0.5) is 5.69 Å². The predicted octanol–water partition coefficient (Wildman–Crippen LogP) is 2.48. The van der Waals surface area contributed by atoms with Gasteiger partial charge in [-0.1, -0.05) is 12.1 Å². The second-order valence-corrected chi connectivity index (χ2v) is 4.53. The number of non-ortho nitro benzene ring substituents is 1. The van der Waals surface area contributed by atoms with E-state index >= 15 is 0 Å². The normalized spacial score (nSPS) is 11.4. The standard InChI is InChI=1S/C11H16N2O2/c1-11(2,3)12-8-9-4-6-10(7-5-9)13(14)15/h4-7,12H,8H2,1-3H3. The van der Waals surface area contributed by atoms with Gasteiger partial charge in [-0.25, -0.2) is 0 Å². The third-order valence-electron chi connectivity index (χ3n) is 1.97. The number of nitro groups is 1. The van der Waals surface area contributed by atoms with E-state index in [1.165, 1.54) is 12.1 Å². The molecule has 0 aliphatic carbocycles. The molecular weight excluding hydrogens is 192 g/mol. The van der Waals surface area contributed by atoms with E-state index in [2.05, 4.69) is 26.1 Å². The lowest BCUT2D eigenvalue weighted by Gasteiger charge is -2.20. The van der Waals surface area contributed by atoms with Gasteiger partial charge in [-0.05, 0) is 26.3 Å². The zero-order valence-corrected chi connectivity index (χ0v) is 9.28. The van der Waals surface area contributed by atoms with Gasteiger partial charge in [-0.2, -0.15) is 0 Å². The minimum absolute atomic E-state index is 0.0573. The molecule has 0 aromatic heterocycles. The Morgan fingerprint density at radius 3 is 2.20 bits per heavy atom. The molecule has 0 bridgehead atoms. The van der Waals surface area contributed by atoms with Gasteiger partial charge in [-0.15, -0.1) is 0 Å². The fourth-order valence-electron chi connectivity index (χ4n) is 1.10. The van der Waals surface area contributed by atoms with Crippen molar-refractivity contribution < 1.29 is 4.92 Å². The zero-order valence-electron chi connectivity index (χ0n) is 9.28. The third kappa shape index (κ3) is 4.08. The van der Waals surface area contributed by atoms with Crippen molar-refractivity contribution in [2.24, 2.45) is 0 Å². The number of benzene rings is 1. The highest BCUT2D eigenvalue weighted by atomic mass is 16.6. The predicted molar refractivity (Wildman–Crippen MR) is 59.7 cm³/mol. The first kappa shape index (κ1) is 11.7. The summed E-state index contributed by atoms with van der Waals surface area (Å²) in [4.78, 5) is 10.0. The molecule has 4 nitrogen and oxygen atoms in total. The van der Waals surface area contributed by atoms with Gasteiger partial charge in [0.05, 0.1) is 4.92 Å². The van der Waals surface area contributed by atoms with Crippen molar-refractivity contribution in [1.29, 1.82) is 0 Å². The largest absolute Gasteiger partial charge is 0.308 e. The van der Waals surface area contributed by atoms with Gasteiger partial charge in [-0.3, -0.25) is 10.1 Å². The number of hydrogen-bond acceptors (Lipinski definition) is 3. The number of rotatable bonds is 3. The van der Waals surface area contributed by atoms with E-state index in [9.17, 15) is 10.1 Å². The molecule has 15 heavy (non-hydrogen) atoms. The summed E-state index contributed by atoms with van der Waals surface area (Å²) in [5, 5.41) is 13.7. The SMILES string of the molecule is CC(C)(C)NCc1ccc([N+](=O)[O-])cc1. The average Bonchev–Trinajstić information content (AvgIpc) is 2.14. The van der Waals surface area contributed by atoms with E-state index in [0.717, 1.165) is 12.1 Å². The molecule has 0 aliphatic rings. The highest BCUT2D eigenvalue weighted by molar-refractivity contribution is 5.32. The Hall–Kier alpha value is -1.42. The lowest BCUT2D eigenvalue weighted by molar-refractivity contribution is -0.384. The molecule has 0 unspecified atom stereocenters. The average molecular weight is 208 g/mol. The van der Waals surface area contributed by atoms with Gasteiger partial charge in [0.2, 0.25) is 0 Å².